The number of hydrogen-bond donors (Lipinski definition) is 1. The SMILES string of the molecule is CCc1nc2ccccc2cc1C(=O)NCCc1cccc(F)c1. The molecule has 0 spiro atoms. The van der Waals surface area contributed by atoms with Crippen molar-refractivity contribution < 1.29 is 9.18 Å². The minimum atomic E-state index is -0.258. The van der Waals surface area contributed by atoms with E-state index in [0.29, 0.717) is 24.9 Å². The fraction of sp³-hybridized carbons (Fsp3) is 0.200. The largest absolute Gasteiger partial charge is 0.352 e. The lowest BCUT2D eigenvalue weighted by molar-refractivity contribution is 0.0953. The first-order chi connectivity index (χ1) is 11.7. The Kier molecular flexibility index (Phi) is 4.85. The quantitative estimate of drug-likeness (QED) is 0.774. The van der Waals surface area contributed by atoms with Crippen LogP contribution in [0.15, 0.2) is 54.6 Å². The third-order valence-corrected chi connectivity index (χ3v) is 3.97. The number of benzene rings is 2. The minimum Gasteiger partial charge on any atom is -0.352 e. The average Bonchev–Trinajstić information content (AvgIpc) is 2.60. The molecule has 0 radical (unpaired) electrons. The Morgan fingerprint density at radius 1 is 1.12 bits per heavy atom. The summed E-state index contributed by atoms with van der Waals surface area (Å²) in [6.07, 6.45) is 1.28. The molecule has 3 rings (SSSR count). The third-order valence-electron chi connectivity index (χ3n) is 3.97. The molecule has 0 saturated heterocycles. The molecule has 122 valence electrons. The van der Waals surface area contributed by atoms with Crippen LogP contribution in [0.25, 0.3) is 10.9 Å². The highest BCUT2D eigenvalue weighted by Gasteiger charge is 2.12. The van der Waals surface area contributed by atoms with Crippen LogP contribution in [-0.4, -0.2) is 17.4 Å². The van der Waals surface area contributed by atoms with E-state index < -0.39 is 0 Å². The first-order valence-electron chi connectivity index (χ1n) is 8.08. The number of aromatic nitrogens is 1. The highest BCUT2D eigenvalue weighted by molar-refractivity contribution is 5.98. The van der Waals surface area contributed by atoms with Crippen LogP contribution in [-0.2, 0) is 12.8 Å². The van der Waals surface area contributed by atoms with Gasteiger partial charge in [0.2, 0.25) is 0 Å². The predicted molar refractivity (Wildman–Crippen MR) is 93.6 cm³/mol. The normalized spacial score (nSPS) is 10.8. The second kappa shape index (κ2) is 7.21. The van der Waals surface area contributed by atoms with Gasteiger partial charge >= 0.3 is 0 Å². The topological polar surface area (TPSA) is 42.0 Å². The lowest BCUT2D eigenvalue weighted by atomic mass is 10.1. The van der Waals surface area contributed by atoms with E-state index in [0.717, 1.165) is 22.2 Å². The zero-order valence-corrected chi connectivity index (χ0v) is 13.6. The molecule has 0 aliphatic heterocycles. The Morgan fingerprint density at radius 3 is 2.75 bits per heavy atom. The van der Waals surface area contributed by atoms with Gasteiger partial charge in [-0.1, -0.05) is 37.3 Å². The molecule has 24 heavy (non-hydrogen) atoms. The average molecular weight is 322 g/mol. The van der Waals surface area contributed by atoms with Crippen molar-refractivity contribution in [2.24, 2.45) is 0 Å². The van der Waals surface area contributed by atoms with Gasteiger partial charge in [-0.3, -0.25) is 9.78 Å². The molecule has 0 saturated carbocycles. The molecule has 0 aliphatic carbocycles. The minimum absolute atomic E-state index is 0.137. The number of hydrogen-bond acceptors (Lipinski definition) is 2. The van der Waals surface area contributed by atoms with Crippen LogP contribution in [0.2, 0.25) is 0 Å². The van der Waals surface area contributed by atoms with Crippen LogP contribution in [0.4, 0.5) is 4.39 Å². The molecular formula is C20H19FN2O. The van der Waals surface area contributed by atoms with Gasteiger partial charge in [0, 0.05) is 11.9 Å². The smallest absolute Gasteiger partial charge is 0.253 e. The van der Waals surface area contributed by atoms with Crippen LogP contribution in [0.1, 0.15) is 28.5 Å². The summed E-state index contributed by atoms with van der Waals surface area (Å²) in [5, 5.41) is 3.85. The monoisotopic (exact) mass is 322 g/mol. The van der Waals surface area contributed by atoms with Gasteiger partial charge in [0.1, 0.15) is 5.82 Å². The van der Waals surface area contributed by atoms with Crippen molar-refractivity contribution in [2.45, 2.75) is 19.8 Å². The number of rotatable bonds is 5. The predicted octanol–water partition coefficient (Wildman–Crippen LogP) is 3.91. The van der Waals surface area contributed by atoms with E-state index in [1.54, 1.807) is 6.07 Å². The van der Waals surface area contributed by atoms with E-state index in [4.69, 9.17) is 0 Å². The Hall–Kier alpha value is -2.75. The molecule has 0 unspecified atom stereocenters. The third kappa shape index (κ3) is 3.59. The molecule has 1 aromatic heterocycles. The maximum Gasteiger partial charge on any atom is 0.253 e. The van der Waals surface area contributed by atoms with Gasteiger partial charge < -0.3 is 5.32 Å². The maximum atomic E-state index is 13.2. The number of amides is 1. The van der Waals surface area contributed by atoms with Gasteiger partial charge in [-0.05, 0) is 42.7 Å². The van der Waals surface area contributed by atoms with Crippen LogP contribution < -0.4 is 5.32 Å². The van der Waals surface area contributed by atoms with E-state index in [1.165, 1.54) is 12.1 Å². The summed E-state index contributed by atoms with van der Waals surface area (Å²) in [7, 11) is 0. The summed E-state index contributed by atoms with van der Waals surface area (Å²) < 4.78 is 13.2. The molecule has 0 bridgehead atoms. The van der Waals surface area contributed by atoms with Gasteiger partial charge in [0.25, 0.3) is 5.91 Å². The van der Waals surface area contributed by atoms with Gasteiger partial charge in [-0.2, -0.15) is 0 Å². The summed E-state index contributed by atoms with van der Waals surface area (Å²) in [4.78, 5) is 17.1. The van der Waals surface area contributed by atoms with Gasteiger partial charge in [0.05, 0.1) is 16.8 Å². The van der Waals surface area contributed by atoms with Crippen LogP contribution in [0.5, 0.6) is 0 Å². The molecule has 0 fully saturated rings. The van der Waals surface area contributed by atoms with Crippen molar-refractivity contribution >= 4 is 16.8 Å². The first-order valence-corrected chi connectivity index (χ1v) is 8.08. The number of fused-ring (bicyclic) bond motifs is 1. The summed E-state index contributed by atoms with van der Waals surface area (Å²) in [6, 6.07) is 16.1. The number of nitrogens with one attached hydrogen (secondary N) is 1. The van der Waals surface area contributed by atoms with Crippen LogP contribution in [0, 0.1) is 5.82 Å². The molecule has 0 atom stereocenters. The van der Waals surface area contributed by atoms with E-state index in [9.17, 15) is 9.18 Å². The number of para-hydroxylation sites is 1. The van der Waals surface area contributed by atoms with Gasteiger partial charge in [-0.15, -0.1) is 0 Å². The summed E-state index contributed by atoms with van der Waals surface area (Å²) in [5.41, 5.74) is 3.15. The molecule has 4 heteroatoms. The highest BCUT2D eigenvalue weighted by Crippen LogP contribution is 2.17. The molecule has 1 amide bonds. The van der Waals surface area contributed by atoms with E-state index in [1.807, 2.05) is 43.3 Å². The summed E-state index contributed by atoms with van der Waals surface area (Å²) >= 11 is 0. The van der Waals surface area contributed by atoms with E-state index in [2.05, 4.69) is 10.3 Å². The molecular weight excluding hydrogens is 303 g/mol. The molecule has 2 aromatic carbocycles. The number of nitrogens with zero attached hydrogens (tertiary/aromatic N) is 1. The van der Waals surface area contributed by atoms with Crippen LogP contribution in [0.3, 0.4) is 0 Å². The molecule has 3 nitrogen and oxygen atoms in total. The molecule has 0 aliphatic rings. The Balaban J connectivity index is 1.73. The Morgan fingerprint density at radius 2 is 1.96 bits per heavy atom. The lowest BCUT2D eigenvalue weighted by Crippen LogP contribution is -2.27. The van der Waals surface area contributed by atoms with Crippen molar-refractivity contribution in [3.8, 4) is 0 Å². The standard InChI is InChI=1S/C20H19FN2O/c1-2-18-17(13-15-7-3-4-9-19(15)23-18)20(24)22-11-10-14-6-5-8-16(21)12-14/h3-9,12-13H,2,10-11H2,1H3,(H,22,24). The number of carbonyl (C=O) groups excluding carboxylic acids is 1. The van der Waals surface area contributed by atoms with Crippen molar-refractivity contribution in [3.05, 3.63) is 77.2 Å². The van der Waals surface area contributed by atoms with Gasteiger partial charge in [0.15, 0.2) is 0 Å². The summed E-state index contributed by atoms with van der Waals surface area (Å²) in [5.74, 6) is -0.396. The fourth-order valence-electron chi connectivity index (χ4n) is 2.73. The zero-order valence-electron chi connectivity index (χ0n) is 13.6. The van der Waals surface area contributed by atoms with E-state index >= 15 is 0 Å². The van der Waals surface area contributed by atoms with Crippen LogP contribution >= 0.6 is 0 Å². The number of carbonyl (C=O) groups is 1. The molecule has 1 N–H and O–H groups in total. The Labute approximate surface area is 140 Å². The van der Waals surface area contributed by atoms with Gasteiger partial charge in [-0.25, -0.2) is 4.39 Å². The number of aryl methyl sites for hydroxylation is 1. The molecule has 3 aromatic rings. The molecule has 1 heterocycles. The van der Waals surface area contributed by atoms with Crippen molar-refractivity contribution in [1.82, 2.24) is 10.3 Å². The van der Waals surface area contributed by atoms with E-state index in [-0.39, 0.29) is 11.7 Å². The highest BCUT2D eigenvalue weighted by atomic mass is 19.1. The number of pyridine rings is 1. The Bertz CT molecular complexity index is 876. The van der Waals surface area contributed by atoms with Crippen molar-refractivity contribution in [2.75, 3.05) is 6.54 Å². The second-order valence-corrected chi connectivity index (χ2v) is 5.66. The maximum absolute atomic E-state index is 13.2. The first kappa shape index (κ1) is 16.1. The lowest BCUT2D eigenvalue weighted by Gasteiger charge is -2.10. The van der Waals surface area contributed by atoms with Crippen molar-refractivity contribution in [1.29, 1.82) is 0 Å². The number of halogens is 1. The summed E-state index contributed by atoms with van der Waals surface area (Å²) in [6.45, 7) is 2.44. The second-order valence-electron chi connectivity index (χ2n) is 5.66. The van der Waals surface area contributed by atoms with Crippen molar-refractivity contribution in [3.63, 3.8) is 0 Å². The fourth-order valence-corrected chi connectivity index (χ4v) is 2.73. The zero-order chi connectivity index (χ0) is 16.9.